The van der Waals surface area contributed by atoms with Gasteiger partial charge in [0.05, 0.1) is 0 Å². The highest BCUT2D eigenvalue weighted by atomic mass is 16.5. The van der Waals surface area contributed by atoms with Gasteiger partial charge in [0, 0.05) is 12.6 Å². The Hall–Kier alpha value is -2.53. The Labute approximate surface area is 167 Å². The number of carbonyl (C=O) groups excluding carboxylic acids is 1. The molecule has 2 aromatic rings. The van der Waals surface area contributed by atoms with Crippen molar-refractivity contribution in [3.63, 3.8) is 0 Å². The summed E-state index contributed by atoms with van der Waals surface area (Å²) < 4.78 is 11.8. The van der Waals surface area contributed by atoms with Crippen molar-refractivity contribution < 1.29 is 14.3 Å². The average molecular weight is 383 g/mol. The summed E-state index contributed by atoms with van der Waals surface area (Å²) in [7, 11) is 0. The van der Waals surface area contributed by atoms with Crippen molar-refractivity contribution in [1.82, 2.24) is 10.2 Å². The van der Waals surface area contributed by atoms with E-state index in [9.17, 15) is 4.79 Å². The highest BCUT2D eigenvalue weighted by Gasteiger charge is 2.25. The van der Waals surface area contributed by atoms with Gasteiger partial charge in [-0.15, -0.1) is 0 Å². The lowest BCUT2D eigenvalue weighted by Crippen LogP contribution is -2.48. The minimum absolute atomic E-state index is 0.0373. The molecule has 1 heterocycles. The Morgan fingerprint density at radius 1 is 1.00 bits per heavy atom. The number of carbonyl (C=O) groups is 1. The van der Waals surface area contributed by atoms with E-state index in [1.807, 2.05) is 59.5 Å². The van der Waals surface area contributed by atoms with E-state index in [4.69, 9.17) is 9.47 Å². The molecule has 0 aromatic heterocycles. The molecule has 0 saturated carbocycles. The van der Waals surface area contributed by atoms with Gasteiger partial charge in [0.2, 0.25) is 0 Å². The number of piperidine rings is 1. The van der Waals surface area contributed by atoms with Crippen molar-refractivity contribution in [2.45, 2.75) is 38.8 Å². The summed E-state index contributed by atoms with van der Waals surface area (Å²) >= 11 is 0. The topological polar surface area (TPSA) is 50.8 Å². The largest absolute Gasteiger partial charge is 0.485 e. The molecule has 2 aromatic carbocycles. The van der Waals surface area contributed by atoms with E-state index in [-0.39, 0.29) is 12.5 Å². The summed E-state index contributed by atoms with van der Waals surface area (Å²) in [6.07, 6.45) is 2.96. The molecular weight excluding hydrogens is 352 g/mol. The van der Waals surface area contributed by atoms with E-state index in [1.54, 1.807) is 0 Å². The third kappa shape index (κ3) is 5.73. The van der Waals surface area contributed by atoms with Crippen LogP contribution in [-0.2, 0) is 11.4 Å². The molecule has 0 atom stereocenters. The van der Waals surface area contributed by atoms with Gasteiger partial charge in [0.15, 0.2) is 18.1 Å². The Morgan fingerprint density at radius 3 is 2.32 bits per heavy atom. The normalized spacial score (nSPS) is 14.5. The fourth-order valence-electron chi connectivity index (χ4n) is 3.52. The van der Waals surface area contributed by atoms with E-state index in [0.29, 0.717) is 24.1 Å². The van der Waals surface area contributed by atoms with Crippen molar-refractivity contribution in [2.24, 2.45) is 0 Å². The molecule has 150 valence electrons. The zero-order valence-electron chi connectivity index (χ0n) is 16.6. The number of hydrogen-bond donors (Lipinski definition) is 1. The van der Waals surface area contributed by atoms with Crippen molar-refractivity contribution >= 4 is 5.91 Å². The smallest absolute Gasteiger partial charge is 0.260 e. The molecule has 0 unspecified atom stereocenters. The predicted molar refractivity (Wildman–Crippen MR) is 111 cm³/mol. The van der Waals surface area contributed by atoms with Crippen LogP contribution in [0.1, 0.15) is 31.7 Å². The van der Waals surface area contributed by atoms with Gasteiger partial charge in [-0.3, -0.25) is 4.79 Å². The summed E-state index contributed by atoms with van der Waals surface area (Å²) in [4.78, 5) is 14.8. The lowest BCUT2D eigenvalue weighted by Gasteiger charge is -2.34. The van der Waals surface area contributed by atoms with Crippen molar-refractivity contribution in [3.05, 3.63) is 60.2 Å². The first-order valence-electron chi connectivity index (χ1n) is 10.2. The molecule has 5 nitrogen and oxygen atoms in total. The molecule has 5 heteroatoms. The number of benzene rings is 2. The first-order valence-corrected chi connectivity index (χ1v) is 10.2. The minimum atomic E-state index is 0.0373. The van der Waals surface area contributed by atoms with E-state index in [1.165, 1.54) is 0 Å². The lowest BCUT2D eigenvalue weighted by molar-refractivity contribution is -0.136. The van der Waals surface area contributed by atoms with E-state index in [2.05, 4.69) is 12.2 Å². The lowest BCUT2D eigenvalue weighted by atomic mass is 10.0. The van der Waals surface area contributed by atoms with Crippen LogP contribution in [0.4, 0.5) is 0 Å². The monoisotopic (exact) mass is 382 g/mol. The Bertz CT molecular complexity index is 730. The zero-order chi connectivity index (χ0) is 19.6. The number of para-hydroxylation sites is 2. The predicted octanol–water partition coefficient (Wildman–Crippen LogP) is 3.64. The van der Waals surface area contributed by atoms with Gasteiger partial charge in [-0.25, -0.2) is 0 Å². The first kappa shape index (κ1) is 20.2. The second-order valence-electron chi connectivity index (χ2n) is 7.08. The molecule has 0 bridgehead atoms. The molecule has 1 fully saturated rings. The zero-order valence-corrected chi connectivity index (χ0v) is 16.6. The minimum Gasteiger partial charge on any atom is -0.485 e. The summed E-state index contributed by atoms with van der Waals surface area (Å²) in [5.41, 5.74) is 1.09. The van der Waals surface area contributed by atoms with Gasteiger partial charge >= 0.3 is 0 Å². The van der Waals surface area contributed by atoms with Gasteiger partial charge in [0.25, 0.3) is 5.91 Å². The molecule has 1 saturated heterocycles. The van der Waals surface area contributed by atoms with E-state index in [0.717, 1.165) is 44.5 Å². The van der Waals surface area contributed by atoms with Crippen molar-refractivity contribution in [2.75, 3.05) is 26.2 Å². The van der Waals surface area contributed by atoms with Gasteiger partial charge in [-0.1, -0.05) is 49.4 Å². The standard InChI is InChI=1S/C23H30N2O3/c1-2-16-25(20-12-14-24-15-13-20)23(26)18-28-22-11-7-6-10-21(22)27-17-19-8-4-3-5-9-19/h3-11,20,24H,2,12-18H2,1H3. The van der Waals surface area contributed by atoms with Gasteiger partial charge in [0.1, 0.15) is 6.61 Å². The van der Waals surface area contributed by atoms with Crippen LogP contribution in [0.2, 0.25) is 0 Å². The second-order valence-corrected chi connectivity index (χ2v) is 7.08. The van der Waals surface area contributed by atoms with Crippen LogP contribution in [0, 0.1) is 0 Å². The van der Waals surface area contributed by atoms with Gasteiger partial charge < -0.3 is 19.7 Å². The molecule has 1 amide bonds. The van der Waals surface area contributed by atoms with Crippen LogP contribution in [0.5, 0.6) is 11.5 Å². The van der Waals surface area contributed by atoms with Crippen LogP contribution in [0.3, 0.4) is 0 Å². The molecule has 1 aliphatic rings. The summed E-state index contributed by atoms with van der Waals surface area (Å²) in [6.45, 7) is 5.32. The maximum absolute atomic E-state index is 12.8. The summed E-state index contributed by atoms with van der Waals surface area (Å²) in [5.74, 6) is 1.31. The van der Waals surface area contributed by atoms with Crippen molar-refractivity contribution in [1.29, 1.82) is 0 Å². The highest BCUT2D eigenvalue weighted by Crippen LogP contribution is 2.27. The Balaban J connectivity index is 1.59. The molecule has 28 heavy (non-hydrogen) atoms. The number of amides is 1. The van der Waals surface area contributed by atoms with Crippen LogP contribution in [-0.4, -0.2) is 43.1 Å². The SMILES string of the molecule is CCCN(C(=O)COc1ccccc1OCc1ccccc1)C1CCNCC1. The van der Waals surface area contributed by atoms with Gasteiger partial charge in [-0.05, 0) is 50.0 Å². The molecule has 0 spiro atoms. The fraction of sp³-hybridized carbons (Fsp3) is 0.435. The molecule has 3 rings (SSSR count). The van der Waals surface area contributed by atoms with Crippen LogP contribution in [0.15, 0.2) is 54.6 Å². The van der Waals surface area contributed by atoms with Crippen molar-refractivity contribution in [3.8, 4) is 11.5 Å². The maximum atomic E-state index is 12.8. The van der Waals surface area contributed by atoms with Crippen LogP contribution in [0.25, 0.3) is 0 Å². The molecule has 0 radical (unpaired) electrons. The Kier molecular flexibility index (Phi) is 7.73. The fourth-order valence-corrected chi connectivity index (χ4v) is 3.52. The van der Waals surface area contributed by atoms with E-state index >= 15 is 0 Å². The quantitative estimate of drug-likeness (QED) is 0.719. The van der Waals surface area contributed by atoms with Crippen LogP contribution >= 0.6 is 0 Å². The molecular formula is C23H30N2O3. The second kappa shape index (κ2) is 10.7. The number of nitrogens with zero attached hydrogens (tertiary/aromatic N) is 1. The highest BCUT2D eigenvalue weighted by molar-refractivity contribution is 5.78. The maximum Gasteiger partial charge on any atom is 0.260 e. The van der Waals surface area contributed by atoms with E-state index < -0.39 is 0 Å². The van der Waals surface area contributed by atoms with Gasteiger partial charge in [-0.2, -0.15) is 0 Å². The third-order valence-electron chi connectivity index (χ3n) is 4.97. The first-order chi connectivity index (χ1) is 13.8. The Morgan fingerprint density at radius 2 is 1.64 bits per heavy atom. The number of rotatable bonds is 9. The number of nitrogens with one attached hydrogen (secondary N) is 1. The summed E-state index contributed by atoms with van der Waals surface area (Å²) in [6, 6.07) is 17.8. The number of hydrogen-bond acceptors (Lipinski definition) is 4. The molecule has 0 aliphatic carbocycles. The molecule has 1 N–H and O–H groups in total. The molecule has 1 aliphatic heterocycles. The van der Waals surface area contributed by atoms with Crippen LogP contribution < -0.4 is 14.8 Å². The third-order valence-corrected chi connectivity index (χ3v) is 4.97. The number of ether oxygens (including phenoxy) is 2. The summed E-state index contributed by atoms with van der Waals surface area (Å²) in [5, 5.41) is 3.36. The average Bonchev–Trinajstić information content (AvgIpc) is 2.76.